The van der Waals surface area contributed by atoms with Crippen LogP contribution in [0.4, 0.5) is 5.95 Å². The van der Waals surface area contributed by atoms with Gasteiger partial charge in [0.25, 0.3) is 5.91 Å². The Morgan fingerprint density at radius 1 is 1.14 bits per heavy atom. The molecule has 1 N–H and O–H groups in total. The van der Waals surface area contributed by atoms with E-state index in [-0.39, 0.29) is 11.9 Å². The number of nitrogens with zero attached hydrogens (tertiary/aromatic N) is 3. The Kier molecular flexibility index (Phi) is 5.01. The number of benzene rings is 1. The van der Waals surface area contributed by atoms with Crippen molar-refractivity contribution >= 4 is 27.8 Å². The van der Waals surface area contributed by atoms with Gasteiger partial charge in [-0.15, -0.1) is 10.2 Å². The lowest BCUT2D eigenvalue weighted by molar-refractivity contribution is 0.102. The minimum absolute atomic E-state index is 0.242. The lowest BCUT2D eigenvalue weighted by Gasteiger charge is -2.08. The number of hydrogen-bond acceptors (Lipinski definition) is 4. The molecule has 0 bridgehead atoms. The fourth-order valence-corrected chi connectivity index (χ4v) is 2.64. The Morgan fingerprint density at radius 3 is 2.48 bits per heavy atom. The summed E-state index contributed by atoms with van der Waals surface area (Å²) in [6.45, 7) is 5.95. The summed E-state index contributed by atoms with van der Waals surface area (Å²) in [4.78, 5) is 16.6. The Hall–Kier alpha value is -1.82. The van der Waals surface area contributed by atoms with Gasteiger partial charge in [0.15, 0.2) is 0 Å². The predicted octanol–water partition coefficient (Wildman–Crippen LogP) is 3.32. The highest BCUT2D eigenvalue weighted by Gasteiger charge is 2.11. The van der Waals surface area contributed by atoms with Gasteiger partial charge in [-0.1, -0.05) is 29.8 Å². The number of carbonyl (C=O) groups is 1. The van der Waals surface area contributed by atoms with E-state index in [0.717, 1.165) is 34.3 Å². The average Bonchev–Trinajstić information content (AvgIpc) is 2.46. The third-order valence-corrected chi connectivity index (χ3v) is 3.50. The zero-order valence-electron chi connectivity index (χ0n) is 12.3. The van der Waals surface area contributed by atoms with E-state index in [1.54, 1.807) is 6.07 Å². The molecule has 0 fully saturated rings. The van der Waals surface area contributed by atoms with E-state index >= 15 is 0 Å². The fraction of sp³-hybridized carbons (Fsp3) is 0.333. The Balaban J connectivity index is 2.23. The fourth-order valence-electron chi connectivity index (χ4n) is 2.03. The highest BCUT2D eigenvalue weighted by Crippen LogP contribution is 2.16. The number of hydrogen-bond donors (Lipinski definition) is 1. The van der Waals surface area contributed by atoms with Crippen LogP contribution >= 0.6 is 15.9 Å². The largest absolute Gasteiger partial charge is 0.289 e. The zero-order chi connectivity index (χ0) is 15.4. The van der Waals surface area contributed by atoms with Crippen molar-refractivity contribution in [2.45, 2.75) is 33.6 Å². The molecule has 0 radical (unpaired) electrons. The van der Waals surface area contributed by atoms with Crippen LogP contribution in [0.5, 0.6) is 0 Å². The normalized spacial score (nSPS) is 10.5. The molecule has 0 unspecified atom stereocenters. The van der Waals surface area contributed by atoms with Gasteiger partial charge in [-0.25, -0.2) is 4.98 Å². The lowest BCUT2D eigenvalue weighted by atomic mass is 10.1. The van der Waals surface area contributed by atoms with E-state index in [0.29, 0.717) is 5.56 Å². The molecule has 2 aromatic rings. The Bertz CT molecular complexity index is 652. The lowest BCUT2D eigenvalue weighted by Crippen LogP contribution is -2.16. The molecule has 1 amide bonds. The molecule has 2 rings (SSSR count). The first-order chi connectivity index (χ1) is 10.0. The summed E-state index contributed by atoms with van der Waals surface area (Å²) in [6, 6.07) is 5.52. The maximum atomic E-state index is 12.2. The summed E-state index contributed by atoms with van der Waals surface area (Å²) in [6.07, 6.45) is 1.54. The molecule has 0 atom stereocenters. The van der Waals surface area contributed by atoms with Crippen LogP contribution in [0.2, 0.25) is 0 Å². The number of amides is 1. The molecule has 6 heteroatoms. The highest BCUT2D eigenvalue weighted by atomic mass is 79.9. The van der Waals surface area contributed by atoms with E-state index in [4.69, 9.17) is 0 Å². The van der Waals surface area contributed by atoms with Crippen LogP contribution in [0.25, 0.3) is 0 Å². The zero-order valence-corrected chi connectivity index (χ0v) is 13.9. The van der Waals surface area contributed by atoms with Crippen LogP contribution in [-0.4, -0.2) is 21.1 Å². The van der Waals surface area contributed by atoms with Crippen LogP contribution in [0, 0.1) is 6.92 Å². The standard InChI is InChI=1S/C15H17BrN4O/c1-4-12-13(5-2)19-20-15(17-12)18-14(21)10-6-9(3)7-11(16)8-10/h6-8H,4-5H2,1-3H3,(H,17,18,20,21). The quantitative estimate of drug-likeness (QED) is 0.920. The van der Waals surface area contributed by atoms with Crippen molar-refractivity contribution in [2.24, 2.45) is 0 Å². The number of halogens is 1. The Labute approximate surface area is 132 Å². The molecule has 0 aliphatic rings. The van der Waals surface area contributed by atoms with E-state index in [9.17, 15) is 4.79 Å². The number of aryl methyl sites for hydroxylation is 3. The van der Waals surface area contributed by atoms with Crippen molar-refractivity contribution in [1.29, 1.82) is 0 Å². The van der Waals surface area contributed by atoms with E-state index in [2.05, 4.69) is 36.4 Å². The second-order valence-corrected chi connectivity index (χ2v) is 5.62. The monoisotopic (exact) mass is 348 g/mol. The van der Waals surface area contributed by atoms with Crippen molar-refractivity contribution in [3.05, 3.63) is 45.2 Å². The van der Waals surface area contributed by atoms with Crippen LogP contribution in [0.3, 0.4) is 0 Å². The molecular formula is C15H17BrN4O. The first-order valence-electron chi connectivity index (χ1n) is 6.84. The molecule has 21 heavy (non-hydrogen) atoms. The van der Waals surface area contributed by atoms with Gasteiger partial charge in [0.1, 0.15) is 0 Å². The summed E-state index contributed by atoms with van der Waals surface area (Å²) in [5, 5.41) is 10.8. The molecule has 0 aliphatic carbocycles. The highest BCUT2D eigenvalue weighted by molar-refractivity contribution is 9.10. The van der Waals surface area contributed by atoms with Gasteiger partial charge >= 0.3 is 0 Å². The van der Waals surface area contributed by atoms with Gasteiger partial charge in [-0.05, 0) is 43.5 Å². The molecule has 5 nitrogen and oxygen atoms in total. The number of rotatable bonds is 4. The van der Waals surface area contributed by atoms with Gasteiger partial charge in [-0.2, -0.15) is 0 Å². The topological polar surface area (TPSA) is 67.8 Å². The van der Waals surface area contributed by atoms with Gasteiger partial charge < -0.3 is 0 Å². The SMILES string of the molecule is CCc1nnc(NC(=O)c2cc(C)cc(Br)c2)nc1CC. The third-order valence-electron chi connectivity index (χ3n) is 3.04. The molecule has 0 spiro atoms. The van der Waals surface area contributed by atoms with Crippen molar-refractivity contribution in [2.75, 3.05) is 5.32 Å². The average molecular weight is 349 g/mol. The molecule has 0 saturated carbocycles. The van der Waals surface area contributed by atoms with Crippen LogP contribution in [0.15, 0.2) is 22.7 Å². The first kappa shape index (κ1) is 15.6. The number of nitrogens with one attached hydrogen (secondary N) is 1. The maximum absolute atomic E-state index is 12.2. The summed E-state index contributed by atoms with van der Waals surface area (Å²) >= 11 is 3.38. The molecule has 1 aromatic heterocycles. The molecule has 0 aliphatic heterocycles. The molecule has 110 valence electrons. The molecular weight excluding hydrogens is 332 g/mol. The summed E-state index contributed by atoms with van der Waals surface area (Å²) in [5.74, 6) is -0.000759. The third kappa shape index (κ3) is 3.85. The van der Waals surface area contributed by atoms with E-state index < -0.39 is 0 Å². The molecule has 1 aromatic carbocycles. The van der Waals surface area contributed by atoms with Gasteiger partial charge in [0.2, 0.25) is 5.95 Å². The minimum atomic E-state index is -0.243. The second kappa shape index (κ2) is 6.76. The van der Waals surface area contributed by atoms with Crippen LogP contribution < -0.4 is 5.32 Å². The van der Waals surface area contributed by atoms with Crippen molar-refractivity contribution in [1.82, 2.24) is 15.2 Å². The van der Waals surface area contributed by atoms with E-state index in [1.165, 1.54) is 0 Å². The summed E-state index contributed by atoms with van der Waals surface area (Å²) in [5.41, 5.74) is 3.30. The van der Waals surface area contributed by atoms with Crippen LogP contribution in [0.1, 0.15) is 41.2 Å². The van der Waals surface area contributed by atoms with Crippen molar-refractivity contribution in [3.63, 3.8) is 0 Å². The second-order valence-electron chi connectivity index (χ2n) is 4.71. The van der Waals surface area contributed by atoms with Crippen molar-refractivity contribution < 1.29 is 4.79 Å². The predicted molar refractivity (Wildman–Crippen MR) is 85.4 cm³/mol. The number of carbonyl (C=O) groups excluding carboxylic acids is 1. The van der Waals surface area contributed by atoms with Gasteiger partial charge in [0.05, 0.1) is 11.4 Å². The summed E-state index contributed by atoms with van der Waals surface area (Å²) < 4.78 is 0.863. The van der Waals surface area contributed by atoms with Crippen molar-refractivity contribution in [3.8, 4) is 0 Å². The Morgan fingerprint density at radius 2 is 1.86 bits per heavy atom. The molecule has 1 heterocycles. The van der Waals surface area contributed by atoms with Gasteiger partial charge in [0, 0.05) is 10.0 Å². The summed E-state index contributed by atoms with van der Waals surface area (Å²) in [7, 11) is 0. The number of anilines is 1. The minimum Gasteiger partial charge on any atom is -0.289 e. The number of aromatic nitrogens is 3. The smallest absolute Gasteiger partial charge is 0.258 e. The maximum Gasteiger partial charge on any atom is 0.258 e. The van der Waals surface area contributed by atoms with Gasteiger partial charge in [-0.3, -0.25) is 10.1 Å². The van der Waals surface area contributed by atoms with E-state index in [1.807, 2.05) is 32.9 Å². The van der Waals surface area contributed by atoms with Crippen LogP contribution in [-0.2, 0) is 12.8 Å². The molecule has 0 saturated heterocycles. The first-order valence-corrected chi connectivity index (χ1v) is 7.63.